The molecule has 0 amide bonds. The molecule has 6 unspecified atom stereocenters. The van der Waals surface area contributed by atoms with Crippen molar-refractivity contribution in [3.05, 3.63) is 0 Å². The van der Waals surface area contributed by atoms with Crippen LogP contribution >= 0.6 is 0 Å². The second kappa shape index (κ2) is 6.43. The summed E-state index contributed by atoms with van der Waals surface area (Å²) in [6, 6.07) is 0. The summed E-state index contributed by atoms with van der Waals surface area (Å²) in [4.78, 5) is 23.2. The molecule has 4 aliphatic rings. The van der Waals surface area contributed by atoms with Gasteiger partial charge in [-0.25, -0.2) is 4.79 Å². The molecule has 6 atom stereocenters. The van der Waals surface area contributed by atoms with E-state index in [9.17, 15) is 27.1 Å². The number of halogens is 2. The van der Waals surface area contributed by atoms with Gasteiger partial charge in [-0.05, 0) is 31.6 Å². The molecule has 2 aliphatic carbocycles. The molecule has 4 bridgehead atoms. The van der Waals surface area contributed by atoms with E-state index in [1.54, 1.807) is 0 Å². The minimum atomic E-state index is -4.59. The van der Waals surface area contributed by atoms with Gasteiger partial charge in [0, 0.05) is 17.0 Å². The molecule has 2 heterocycles. The molecule has 0 aromatic heterocycles. The molecule has 2 saturated carbocycles. The van der Waals surface area contributed by atoms with Crippen LogP contribution in [0.3, 0.4) is 0 Å². The molecular weight excluding hydrogens is 333 g/mol. The van der Waals surface area contributed by atoms with E-state index in [-0.39, 0.29) is 53.3 Å². The number of hydrogen-bond acceptors (Lipinski definition) is 6. The fourth-order valence-electron chi connectivity index (χ4n) is 3.70. The zero-order chi connectivity index (χ0) is 15.4. The first-order valence-electron chi connectivity index (χ1n) is 6.67. The van der Waals surface area contributed by atoms with E-state index in [1.165, 1.54) is 0 Å². The van der Waals surface area contributed by atoms with Crippen molar-refractivity contribution in [2.24, 2.45) is 17.8 Å². The number of hydrogen-bond donors (Lipinski definition) is 0. The molecule has 0 radical (unpaired) electrons. The Morgan fingerprint density at radius 2 is 2.00 bits per heavy atom. The van der Waals surface area contributed by atoms with Gasteiger partial charge in [0.2, 0.25) is 0 Å². The zero-order valence-corrected chi connectivity index (χ0v) is 14.6. The number of ether oxygens (including phenoxy) is 2. The largest absolute Gasteiger partial charge is 1.00 e. The van der Waals surface area contributed by atoms with Crippen LogP contribution in [0, 0.1) is 17.8 Å². The summed E-state index contributed by atoms with van der Waals surface area (Å²) in [5.41, 5.74) is 0. The van der Waals surface area contributed by atoms with Crippen molar-refractivity contribution in [3.8, 4) is 0 Å². The normalized spacial score (nSPS) is 37.8. The van der Waals surface area contributed by atoms with Crippen molar-refractivity contribution in [2.45, 2.75) is 43.1 Å². The van der Waals surface area contributed by atoms with Gasteiger partial charge in [-0.1, -0.05) is 0 Å². The summed E-state index contributed by atoms with van der Waals surface area (Å²) >= 11 is -3.89. The van der Waals surface area contributed by atoms with E-state index < -0.39 is 34.5 Å². The van der Waals surface area contributed by atoms with E-state index in [4.69, 9.17) is 9.47 Å². The Hall–Kier alpha value is -0.0900. The van der Waals surface area contributed by atoms with Gasteiger partial charge in [0.25, 0.3) is 0 Å². The average Bonchev–Trinajstić information content (AvgIpc) is 2.56. The van der Waals surface area contributed by atoms with Gasteiger partial charge < -0.3 is 14.0 Å². The summed E-state index contributed by atoms with van der Waals surface area (Å²) in [6.07, 6.45) is 0.533. The predicted molar refractivity (Wildman–Crippen MR) is 62.6 cm³/mol. The van der Waals surface area contributed by atoms with Crippen molar-refractivity contribution >= 4 is 23.0 Å². The molecule has 0 N–H and O–H groups in total. The van der Waals surface area contributed by atoms with Gasteiger partial charge in [-0.3, -0.25) is 9.00 Å². The number of fused-ring (bicyclic) bond motifs is 1. The van der Waals surface area contributed by atoms with E-state index in [0.29, 0.717) is 25.7 Å². The number of carbonyl (C=O) groups is 2. The number of esters is 2. The first-order valence-corrected chi connectivity index (χ1v) is 7.75. The van der Waals surface area contributed by atoms with E-state index in [2.05, 4.69) is 0 Å². The van der Waals surface area contributed by atoms with E-state index >= 15 is 0 Å². The van der Waals surface area contributed by atoms with E-state index in [1.807, 2.05) is 0 Å². The maximum Gasteiger partial charge on any atom is 1.00 e. The smallest absolute Gasteiger partial charge is 0.767 e. The summed E-state index contributed by atoms with van der Waals surface area (Å²) < 4.78 is 57.0. The van der Waals surface area contributed by atoms with Crippen LogP contribution < -0.4 is 29.6 Å². The van der Waals surface area contributed by atoms with Crippen molar-refractivity contribution in [1.82, 2.24) is 0 Å². The van der Waals surface area contributed by atoms with Crippen molar-refractivity contribution in [1.29, 1.82) is 0 Å². The fourth-order valence-corrected chi connectivity index (χ4v) is 3.88. The van der Waals surface area contributed by atoms with Crippen LogP contribution in [0.15, 0.2) is 0 Å². The maximum atomic E-state index is 13.1. The second-order valence-corrected chi connectivity index (χ2v) is 6.84. The molecule has 0 aromatic rings. The van der Waals surface area contributed by atoms with Crippen molar-refractivity contribution in [2.75, 3.05) is 0 Å². The second-order valence-electron chi connectivity index (χ2n) is 5.86. The molecule has 6 nitrogen and oxygen atoms in total. The maximum absolute atomic E-state index is 13.1. The van der Waals surface area contributed by atoms with Crippen LogP contribution in [0.1, 0.15) is 25.7 Å². The Kier molecular flexibility index (Phi) is 5.33. The molecule has 22 heavy (non-hydrogen) atoms. The molecule has 0 spiro atoms. The summed E-state index contributed by atoms with van der Waals surface area (Å²) in [5, 5.41) is -4.59. The van der Waals surface area contributed by atoms with Gasteiger partial charge in [0.05, 0.1) is 5.92 Å². The Bertz CT molecular complexity index is 516. The Labute approximate surface area is 149 Å². The molecule has 2 saturated heterocycles. The van der Waals surface area contributed by atoms with Crippen molar-refractivity contribution < 1.29 is 66.2 Å². The van der Waals surface area contributed by atoms with Crippen LogP contribution in [0.25, 0.3) is 0 Å². The first kappa shape index (κ1) is 18.3. The Balaban J connectivity index is 0.00000176. The zero-order valence-electron chi connectivity index (χ0n) is 11.8. The standard InChI is InChI=1S/C12H14F2O6S.Na/c13-12(14,21(17)18)11(16)20-9-6-1-5-2-7(4-6)10(15)19-8(9)3-5;/h5-9H,1-4H2,(H,17,18);/q;+1/p-1. The minimum absolute atomic E-state index is 0. The van der Waals surface area contributed by atoms with Gasteiger partial charge in [-0.15, -0.1) is 0 Å². The molecular formula is C12H13F2NaO6S. The average molecular weight is 346 g/mol. The molecule has 0 aromatic carbocycles. The first-order chi connectivity index (χ1) is 9.79. The number of alkyl halides is 2. The summed E-state index contributed by atoms with van der Waals surface area (Å²) in [5.74, 6) is -2.75. The van der Waals surface area contributed by atoms with Gasteiger partial charge in [0.15, 0.2) is 0 Å². The van der Waals surface area contributed by atoms with Gasteiger partial charge in [0.1, 0.15) is 12.2 Å². The fraction of sp³-hybridized carbons (Fsp3) is 0.833. The van der Waals surface area contributed by atoms with Crippen LogP contribution in [0.5, 0.6) is 0 Å². The molecule has 4 rings (SSSR count). The van der Waals surface area contributed by atoms with Crippen molar-refractivity contribution in [3.63, 3.8) is 0 Å². The molecule has 2 aliphatic heterocycles. The molecule has 10 heteroatoms. The quantitative estimate of drug-likeness (QED) is 0.325. The molecule has 118 valence electrons. The number of rotatable bonds is 3. The van der Waals surface area contributed by atoms with Crippen LogP contribution in [0.2, 0.25) is 0 Å². The third kappa shape index (κ3) is 3.10. The van der Waals surface area contributed by atoms with Crippen LogP contribution in [0.4, 0.5) is 8.78 Å². The summed E-state index contributed by atoms with van der Waals surface area (Å²) in [6.45, 7) is 0. The topological polar surface area (TPSA) is 92.7 Å². The minimum Gasteiger partial charge on any atom is -0.767 e. The number of carbonyl (C=O) groups excluding carboxylic acids is 2. The summed E-state index contributed by atoms with van der Waals surface area (Å²) in [7, 11) is 0. The van der Waals surface area contributed by atoms with E-state index in [0.717, 1.165) is 0 Å². The molecule has 4 fully saturated rings. The Morgan fingerprint density at radius 3 is 2.64 bits per heavy atom. The Morgan fingerprint density at radius 1 is 1.32 bits per heavy atom. The third-order valence-corrected chi connectivity index (χ3v) is 5.11. The predicted octanol–water partition coefficient (Wildman–Crippen LogP) is -2.26. The van der Waals surface area contributed by atoms with Gasteiger partial charge in [-0.2, -0.15) is 8.78 Å². The van der Waals surface area contributed by atoms with Gasteiger partial charge >= 0.3 is 46.8 Å². The third-order valence-electron chi connectivity index (χ3n) is 4.53. The monoisotopic (exact) mass is 346 g/mol. The SMILES string of the molecule is O=C1OC2CC3CC1CC(C3)C2OC(=O)C(F)(F)S(=O)[O-].[Na+]. The van der Waals surface area contributed by atoms with Crippen LogP contribution in [-0.4, -0.2) is 38.2 Å². The van der Waals surface area contributed by atoms with Crippen LogP contribution in [-0.2, 0) is 30.1 Å².